The average molecular weight is 321 g/mol. The van der Waals surface area contributed by atoms with Crippen LogP contribution in [0.2, 0.25) is 0 Å². The highest BCUT2D eigenvalue weighted by atomic mass is 16.5. The van der Waals surface area contributed by atoms with Gasteiger partial charge in [0.05, 0.1) is 6.04 Å². The molecule has 0 saturated carbocycles. The van der Waals surface area contributed by atoms with Gasteiger partial charge in [0.1, 0.15) is 5.69 Å². The van der Waals surface area contributed by atoms with Crippen LogP contribution in [0, 0.1) is 6.92 Å². The van der Waals surface area contributed by atoms with Crippen molar-refractivity contribution in [3.63, 3.8) is 0 Å². The van der Waals surface area contributed by atoms with Gasteiger partial charge < -0.3 is 9.42 Å². The van der Waals surface area contributed by atoms with E-state index >= 15 is 0 Å². The van der Waals surface area contributed by atoms with Crippen LogP contribution in [0.4, 0.5) is 0 Å². The molecule has 0 radical (unpaired) electrons. The predicted molar refractivity (Wildman–Crippen MR) is 91.4 cm³/mol. The minimum Gasteiger partial charge on any atom is -0.350 e. The molecule has 0 N–H and O–H groups in total. The number of rotatable bonds is 4. The van der Waals surface area contributed by atoms with E-state index in [0.29, 0.717) is 5.69 Å². The molecule has 0 spiro atoms. The van der Waals surface area contributed by atoms with E-state index in [-0.39, 0.29) is 17.7 Å². The number of hydrogen-bond donors (Lipinski definition) is 0. The Hall–Kier alpha value is -2.95. The highest BCUT2D eigenvalue weighted by Gasteiger charge is 2.23. The molecule has 2 aromatic heterocycles. The molecule has 0 bridgehead atoms. The van der Waals surface area contributed by atoms with Gasteiger partial charge in [-0.25, -0.2) is 0 Å². The molecule has 0 aliphatic heterocycles. The smallest absolute Gasteiger partial charge is 0.292 e. The van der Waals surface area contributed by atoms with Crippen LogP contribution in [0.25, 0.3) is 11.3 Å². The number of pyridine rings is 1. The molecule has 0 unspecified atom stereocenters. The van der Waals surface area contributed by atoms with Crippen LogP contribution in [0.3, 0.4) is 0 Å². The Morgan fingerprint density at radius 3 is 2.46 bits per heavy atom. The zero-order valence-electron chi connectivity index (χ0n) is 13.9. The van der Waals surface area contributed by atoms with E-state index < -0.39 is 0 Å². The molecule has 122 valence electrons. The zero-order valence-corrected chi connectivity index (χ0v) is 13.9. The number of nitrogens with zero attached hydrogens (tertiary/aromatic N) is 3. The van der Waals surface area contributed by atoms with Crippen LogP contribution in [0.5, 0.6) is 0 Å². The Kier molecular flexibility index (Phi) is 4.42. The second kappa shape index (κ2) is 6.66. The first-order valence-corrected chi connectivity index (χ1v) is 7.77. The second-order valence-corrected chi connectivity index (χ2v) is 5.82. The number of amides is 1. The van der Waals surface area contributed by atoms with Gasteiger partial charge in [-0.05, 0) is 31.5 Å². The fraction of sp³-hybridized carbons (Fsp3) is 0.211. The molecule has 3 rings (SSSR count). The summed E-state index contributed by atoms with van der Waals surface area (Å²) in [5.74, 6) is 0.0270. The lowest BCUT2D eigenvalue weighted by Crippen LogP contribution is -2.29. The van der Waals surface area contributed by atoms with Crippen molar-refractivity contribution < 1.29 is 9.32 Å². The summed E-state index contributed by atoms with van der Waals surface area (Å²) < 4.78 is 5.26. The first kappa shape index (κ1) is 15.9. The standard InChI is InChI=1S/C19H19N3O2/c1-13-4-6-16(7-5-13)17-12-18(24-21-17)19(23)22(3)14(2)15-8-10-20-11-9-15/h4-12,14H,1-3H3/t14-/m0/s1. The number of carbonyl (C=O) groups is 1. The fourth-order valence-corrected chi connectivity index (χ4v) is 2.45. The maximum absolute atomic E-state index is 12.6. The average Bonchev–Trinajstić information content (AvgIpc) is 3.11. The first-order valence-electron chi connectivity index (χ1n) is 7.77. The van der Waals surface area contributed by atoms with Gasteiger partial charge in [0, 0.05) is 31.1 Å². The van der Waals surface area contributed by atoms with Crippen molar-refractivity contribution in [2.24, 2.45) is 0 Å². The number of aromatic nitrogens is 2. The van der Waals surface area contributed by atoms with E-state index in [2.05, 4.69) is 10.1 Å². The molecule has 1 atom stereocenters. The van der Waals surface area contributed by atoms with E-state index in [1.807, 2.05) is 50.2 Å². The lowest BCUT2D eigenvalue weighted by Gasteiger charge is -2.23. The Labute approximate surface area is 140 Å². The van der Waals surface area contributed by atoms with Crippen LogP contribution in [0.1, 0.15) is 34.6 Å². The summed E-state index contributed by atoms with van der Waals surface area (Å²) >= 11 is 0. The summed E-state index contributed by atoms with van der Waals surface area (Å²) in [4.78, 5) is 18.3. The van der Waals surface area contributed by atoms with Gasteiger partial charge >= 0.3 is 0 Å². The molecule has 3 aromatic rings. The van der Waals surface area contributed by atoms with E-state index in [1.165, 1.54) is 5.56 Å². The highest BCUT2D eigenvalue weighted by molar-refractivity contribution is 5.92. The number of carbonyl (C=O) groups excluding carboxylic acids is 1. The van der Waals surface area contributed by atoms with Gasteiger partial charge in [-0.15, -0.1) is 0 Å². The third kappa shape index (κ3) is 3.20. The molecule has 1 aromatic carbocycles. The van der Waals surface area contributed by atoms with Gasteiger partial charge in [0.25, 0.3) is 5.91 Å². The summed E-state index contributed by atoms with van der Waals surface area (Å²) in [6.07, 6.45) is 3.43. The molecule has 5 nitrogen and oxygen atoms in total. The van der Waals surface area contributed by atoms with Crippen molar-refractivity contribution in [1.29, 1.82) is 0 Å². The third-order valence-corrected chi connectivity index (χ3v) is 4.16. The molecule has 1 amide bonds. The van der Waals surface area contributed by atoms with E-state index in [4.69, 9.17) is 4.52 Å². The number of hydrogen-bond acceptors (Lipinski definition) is 4. The Morgan fingerprint density at radius 1 is 1.12 bits per heavy atom. The van der Waals surface area contributed by atoms with Crippen molar-refractivity contribution >= 4 is 5.91 Å². The largest absolute Gasteiger partial charge is 0.350 e. The predicted octanol–water partition coefficient (Wildman–Crippen LogP) is 3.88. The molecule has 0 saturated heterocycles. The summed E-state index contributed by atoms with van der Waals surface area (Å²) in [5, 5.41) is 4.02. The van der Waals surface area contributed by atoms with Crippen LogP contribution in [0.15, 0.2) is 59.4 Å². The Bertz CT molecular complexity index is 825. The monoisotopic (exact) mass is 321 g/mol. The van der Waals surface area contributed by atoms with Crippen LogP contribution in [-0.2, 0) is 0 Å². The molecule has 5 heteroatoms. The molecular formula is C19H19N3O2. The van der Waals surface area contributed by atoms with Crippen molar-refractivity contribution in [3.05, 3.63) is 71.7 Å². The molecule has 0 fully saturated rings. The van der Waals surface area contributed by atoms with E-state index in [1.54, 1.807) is 30.4 Å². The van der Waals surface area contributed by atoms with Crippen LogP contribution < -0.4 is 0 Å². The van der Waals surface area contributed by atoms with Gasteiger partial charge in [-0.3, -0.25) is 9.78 Å². The normalized spacial score (nSPS) is 12.0. The lowest BCUT2D eigenvalue weighted by atomic mass is 10.1. The van der Waals surface area contributed by atoms with Gasteiger partial charge in [-0.1, -0.05) is 35.0 Å². The second-order valence-electron chi connectivity index (χ2n) is 5.82. The van der Waals surface area contributed by atoms with Crippen molar-refractivity contribution in [1.82, 2.24) is 15.0 Å². The van der Waals surface area contributed by atoms with E-state index in [0.717, 1.165) is 11.1 Å². The molecule has 2 heterocycles. The summed E-state index contributed by atoms with van der Waals surface area (Å²) in [5.41, 5.74) is 3.76. The molecule has 0 aliphatic carbocycles. The SMILES string of the molecule is Cc1ccc(-c2cc(C(=O)N(C)[C@@H](C)c3ccncc3)on2)cc1. The lowest BCUT2D eigenvalue weighted by molar-refractivity contribution is 0.0700. The molecular weight excluding hydrogens is 302 g/mol. The number of benzene rings is 1. The van der Waals surface area contributed by atoms with Gasteiger partial charge in [0.2, 0.25) is 5.76 Å². The zero-order chi connectivity index (χ0) is 17.1. The molecule has 0 aliphatic rings. The highest BCUT2D eigenvalue weighted by Crippen LogP contribution is 2.23. The Balaban J connectivity index is 1.79. The van der Waals surface area contributed by atoms with Gasteiger partial charge in [-0.2, -0.15) is 0 Å². The van der Waals surface area contributed by atoms with Crippen molar-refractivity contribution in [2.45, 2.75) is 19.9 Å². The molecule has 24 heavy (non-hydrogen) atoms. The summed E-state index contributed by atoms with van der Waals surface area (Å²) in [6, 6.07) is 13.3. The summed E-state index contributed by atoms with van der Waals surface area (Å²) in [7, 11) is 1.75. The minimum atomic E-state index is -0.204. The van der Waals surface area contributed by atoms with Crippen molar-refractivity contribution in [2.75, 3.05) is 7.05 Å². The summed E-state index contributed by atoms with van der Waals surface area (Å²) in [6.45, 7) is 3.99. The Morgan fingerprint density at radius 2 is 1.79 bits per heavy atom. The number of aryl methyl sites for hydroxylation is 1. The minimum absolute atomic E-state index is 0.0894. The third-order valence-electron chi connectivity index (χ3n) is 4.16. The fourth-order valence-electron chi connectivity index (χ4n) is 2.45. The van der Waals surface area contributed by atoms with Gasteiger partial charge in [0.15, 0.2) is 0 Å². The van der Waals surface area contributed by atoms with E-state index in [9.17, 15) is 4.79 Å². The first-order chi connectivity index (χ1) is 11.6. The quantitative estimate of drug-likeness (QED) is 0.732. The van der Waals surface area contributed by atoms with Crippen molar-refractivity contribution in [3.8, 4) is 11.3 Å². The maximum Gasteiger partial charge on any atom is 0.292 e. The van der Waals surface area contributed by atoms with Crippen LogP contribution in [-0.4, -0.2) is 28.0 Å². The van der Waals surface area contributed by atoms with Crippen LogP contribution >= 0.6 is 0 Å². The maximum atomic E-state index is 12.6. The topological polar surface area (TPSA) is 59.2 Å².